The van der Waals surface area contributed by atoms with Gasteiger partial charge < -0.3 is 0 Å². The minimum atomic E-state index is -0.905. The number of nitrogens with zero attached hydrogens (tertiary/aromatic N) is 2. The second kappa shape index (κ2) is 4.93. The first-order valence-electron chi connectivity index (χ1n) is 4.67. The first-order valence-corrected chi connectivity index (χ1v) is 5.49. The molecule has 0 aliphatic heterocycles. The lowest BCUT2D eigenvalue weighted by molar-refractivity contribution is 0.506. The van der Waals surface area contributed by atoms with E-state index in [0.29, 0.717) is 15.4 Å². The molecule has 2 aromatic rings. The standard InChI is InChI=1S/C12H6F2N2S/c13-10-2-1-9(5-11(10)14)17-12-7-16-4-3-8(12)6-15/h1-5,7H. The molecule has 0 saturated carbocycles. The summed E-state index contributed by atoms with van der Waals surface area (Å²) < 4.78 is 25.7. The van der Waals surface area contributed by atoms with Crippen LogP contribution >= 0.6 is 11.8 Å². The molecule has 0 saturated heterocycles. The van der Waals surface area contributed by atoms with Crippen LogP contribution in [0.1, 0.15) is 5.56 Å². The van der Waals surface area contributed by atoms with Gasteiger partial charge in [0.05, 0.1) is 5.56 Å². The van der Waals surface area contributed by atoms with Gasteiger partial charge in [0.1, 0.15) is 6.07 Å². The highest BCUT2D eigenvalue weighted by Gasteiger charge is 2.07. The Kier molecular flexibility index (Phi) is 3.35. The van der Waals surface area contributed by atoms with Crippen LogP contribution < -0.4 is 0 Å². The molecule has 0 radical (unpaired) electrons. The maximum atomic E-state index is 13.0. The number of aromatic nitrogens is 1. The van der Waals surface area contributed by atoms with Crippen molar-refractivity contribution in [3.63, 3.8) is 0 Å². The molecule has 2 nitrogen and oxygen atoms in total. The van der Waals surface area contributed by atoms with Crippen LogP contribution in [0.25, 0.3) is 0 Å². The second-order valence-corrected chi connectivity index (χ2v) is 4.28. The average molecular weight is 248 g/mol. The minimum absolute atomic E-state index is 0.453. The molecular weight excluding hydrogens is 242 g/mol. The van der Waals surface area contributed by atoms with E-state index in [1.165, 1.54) is 30.2 Å². The lowest BCUT2D eigenvalue weighted by atomic mass is 10.3. The summed E-state index contributed by atoms with van der Waals surface area (Å²) in [6, 6.07) is 7.19. The molecule has 2 rings (SSSR count). The van der Waals surface area contributed by atoms with Crippen LogP contribution in [0.5, 0.6) is 0 Å². The molecule has 17 heavy (non-hydrogen) atoms. The highest BCUT2D eigenvalue weighted by molar-refractivity contribution is 7.99. The maximum absolute atomic E-state index is 13.0. The topological polar surface area (TPSA) is 36.7 Å². The Morgan fingerprint density at radius 3 is 2.71 bits per heavy atom. The normalized spacial score (nSPS) is 9.94. The summed E-state index contributed by atoms with van der Waals surface area (Å²) in [5.41, 5.74) is 0.453. The van der Waals surface area contributed by atoms with Gasteiger partial charge in [-0.25, -0.2) is 8.78 Å². The summed E-state index contributed by atoms with van der Waals surface area (Å²) in [4.78, 5) is 5.02. The van der Waals surface area contributed by atoms with Gasteiger partial charge in [-0.1, -0.05) is 11.8 Å². The van der Waals surface area contributed by atoms with Crippen molar-refractivity contribution >= 4 is 11.8 Å². The quantitative estimate of drug-likeness (QED) is 0.817. The molecule has 5 heteroatoms. The monoisotopic (exact) mass is 248 g/mol. The van der Waals surface area contributed by atoms with Gasteiger partial charge in [0.2, 0.25) is 0 Å². The fraction of sp³-hybridized carbons (Fsp3) is 0. The molecule has 0 atom stereocenters. The van der Waals surface area contributed by atoms with Crippen molar-refractivity contribution < 1.29 is 8.78 Å². The van der Waals surface area contributed by atoms with E-state index in [1.54, 1.807) is 6.07 Å². The van der Waals surface area contributed by atoms with E-state index in [9.17, 15) is 8.78 Å². The molecular formula is C12H6F2N2S. The van der Waals surface area contributed by atoms with Gasteiger partial charge in [-0.3, -0.25) is 4.98 Å². The fourth-order valence-corrected chi connectivity index (χ4v) is 2.11. The van der Waals surface area contributed by atoms with Gasteiger partial charge in [0.25, 0.3) is 0 Å². The highest BCUT2D eigenvalue weighted by atomic mass is 32.2. The Balaban J connectivity index is 2.32. The Bertz CT molecular complexity index is 593. The first-order chi connectivity index (χ1) is 8.20. The molecule has 1 heterocycles. The predicted octanol–water partition coefficient (Wildman–Crippen LogP) is 3.38. The van der Waals surface area contributed by atoms with Crippen LogP contribution in [0.4, 0.5) is 8.78 Å². The van der Waals surface area contributed by atoms with E-state index < -0.39 is 11.6 Å². The summed E-state index contributed by atoms with van der Waals surface area (Å²) in [5.74, 6) is -1.79. The van der Waals surface area contributed by atoms with Crippen molar-refractivity contribution in [3.8, 4) is 6.07 Å². The van der Waals surface area contributed by atoms with Gasteiger partial charge in [0.15, 0.2) is 11.6 Å². The number of hydrogen-bond donors (Lipinski definition) is 0. The average Bonchev–Trinajstić information content (AvgIpc) is 2.34. The van der Waals surface area contributed by atoms with Gasteiger partial charge in [-0.15, -0.1) is 0 Å². The molecule has 0 bridgehead atoms. The number of nitriles is 1. The highest BCUT2D eigenvalue weighted by Crippen LogP contribution is 2.30. The Hall–Kier alpha value is -1.93. The zero-order chi connectivity index (χ0) is 12.3. The number of hydrogen-bond acceptors (Lipinski definition) is 3. The molecule has 84 valence electrons. The summed E-state index contributed by atoms with van der Waals surface area (Å²) in [7, 11) is 0. The Labute approximate surface area is 101 Å². The van der Waals surface area contributed by atoms with E-state index in [-0.39, 0.29) is 0 Å². The minimum Gasteiger partial charge on any atom is -0.263 e. The van der Waals surface area contributed by atoms with Crippen molar-refractivity contribution in [2.75, 3.05) is 0 Å². The van der Waals surface area contributed by atoms with E-state index in [1.807, 2.05) is 6.07 Å². The van der Waals surface area contributed by atoms with Crippen molar-refractivity contribution in [2.45, 2.75) is 9.79 Å². The van der Waals surface area contributed by atoms with Crippen LogP contribution in [0.3, 0.4) is 0 Å². The number of pyridine rings is 1. The summed E-state index contributed by atoms with van der Waals surface area (Å²) in [5, 5.41) is 8.87. The zero-order valence-electron chi connectivity index (χ0n) is 8.52. The van der Waals surface area contributed by atoms with E-state index in [0.717, 1.165) is 12.1 Å². The Morgan fingerprint density at radius 2 is 2.00 bits per heavy atom. The molecule has 0 aliphatic carbocycles. The third-order valence-corrected chi connectivity index (χ3v) is 3.06. The molecule has 0 amide bonds. The Morgan fingerprint density at radius 1 is 1.18 bits per heavy atom. The van der Waals surface area contributed by atoms with Crippen molar-refractivity contribution in [2.24, 2.45) is 0 Å². The molecule has 0 N–H and O–H groups in total. The van der Waals surface area contributed by atoms with Gasteiger partial charge >= 0.3 is 0 Å². The lowest BCUT2D eigenvalue weighted by Crippen LogP contribution is -1.86. The molecule has 0 fully saturated rings. The molecule has 1 aromatic heterocycles. The van der Waals surface area contributed by atoms with Crippen molar-refractivity contribution in [1.29, 1.82) is 5.26 Å². The van der Waals surface area contributed by atoms with Gasteiger partial charge in [-0.2, -0.15) is 5.26 Å². The molecule has 0 aliphatic rings. The van der Waals surface area contributed by atoms with E-state index >= 15 is 0 Å². The van der Waals surface area contributed by atoms with Gasteiger partial charge in [-0.05, 0) is 24.3 Å². The lowest BCUT2D eigenvalue weighted by Gasteiger charge is -2.03. The van der Waals surface area contributed by atoms with Crippen LogP contribution in [-0.2, 0) is 0 Å². The van der Waals surface area contributed by atoms with Crippen molar-refractivity contribution in [3.05, 3.63) is 53.9 Å². The fourth-order valence-electron chi connectivity index (χ4n) is 1.22. The maximum Gasteiger partial charge on any atom is 0.159 e. The SMILES string of the molecule is N#Cc1ccncc1Sc1ccc(F)c(F)c1. The van der Waals surface area contributed by atoms with Crippen LogP contribution in [-0.4, -0.2) is 4.98 Å². The summed E-state index contributed by atoms with van der Waals surface area (Å²) in [6.07, 6.45) is 3.03. The van der Waals surface area contributed by atoms with E-state index in [2.05, 4.69) is 4.98 Å². The predicted molar refractivity (Wildman–Crippen MR) is 59.4 cm³/mol. The zero-order valence-corrected chi connectivity index (χ0v) is 9.34. The number of benzene rings is 1. The van der Waals surface area contributed by atoms with Crippen molar-refractivity contribution in [1.82, 2.24) is 4.98 Å². The van der Waals surface area contributed by atoms with E-state index in [4.69, 9.17) is 5.26 Å². The molecule has 1 aromatic carbocycles. The largest absolute Gasteiger partial charge is 0.263 e. The van der Waals surface area contributed by atoms with Crippen LogP contribution in [0, 0.1) is 23.0 Å². The summed E-state index contributed by atoms with van der Waals surface area (Å²) >= 11 is 1.17. The van der Waals surface area contributed by atoms with Crippen LogP contribution in [0.15, 0.2) is 46.5 Å². The smallest absolute Gasteiger partial charge is 0.159 e. The molecule has 0 spiro atoms. The van der Waals surface area contributed by atoms with Crippen LogP contribution in [0.2, 0.25) is 0 Å². The second-order valence-electron chi connectivity index (χ2n) is 3.16. The third-order valence-electron chi connectivity index (χ3n) is 2.02. The van der Waals surface area contributed by atoms with Gasteiger partial charge in [0, 0.05) is 22.2 Å². The molecule has 0 unspecified atom stereocenters. The number of halogens is 2. The first kappa shape index (κ1) is 11.6. The number of rotatable bonds is 2. The summed E-state index contributed by atoms with van der Waals surface area (Å²) in [6.45, 7) is 0. The third kappa shape index (κ3) is 2.60.